The van der Waals surface area contributed by atoms with Gasteiger partial charge < -0.3 is 5.11 Å². The van der Waals surface area contributed by atoms with E-state index in [2.05, 4.69) is 20.8 Å². The molecule has 1 heteroatoms. The predicted octanol–water partition coefficient (Wildman–Crippen LogP) is 6.87. The van der Waals surface area contributed by atoms with Crippen LogP contribution >= 0.6 is 0 Å². The van der Waals surface area contributed by atoms with Gasteiger partial charge in [0.2, 0.25) is 0 Å². The Morgan fingerprint density at radius 1 is 0.571 bits per heavy atom. The lowest BCUT2D eigenvalue weighted by molar-refractivity contribution is 0.0875. The zero-order valence-corrected chi connectivity index (χ0v) is 15.2. The second-order valence-electron chi connectivity index (χ2n) is 6.85. The van der Waals surface area contributed by atoms with Crippen molar-refractivity contribution in [2.45, 2.75) is 123 Å². The summed E-state index contributed by atoms with van der Waals surface area (Å²) in [6.45, 7) is 6.74. The molecule has 1 nitrogen and oxygen atoms in total. The fourth-order valence-corrected chi connectivity index (χ4v) is 3.21. The minimum atomic E-state index is -0.0457. The zero-order valence-electron chi connectivity index (χ0n) is 15.2. The van der Waals surface area contributed by atoms with Crippen LogP contribution in [0.25, 0.3) is 0 Å². The van der Waals surface area contributed by atoms with Crippen molar-refractivity contribution in [2.75, 3.05) is 0 Å². The Hall–Kier alpha value is -0.0400. The molecule has 21 heavy (non-hydrogen) atoms. The van der Waals surface area contributed by atoms with Crippen molar-refractivity contribution in [3.05, 3.63) is 0 Å². The Kier molecular flexibility index (Phi) is 16.3. The molecule has 0 aliphatic rings. The number of unbranched alkanes of at least 4 members (excludes halogenated alkanes) is 10. The lowest BCUT2D eigenvalue weighted by Gasteiger charge is -2.21. The van der Waals surface area contributed by atoms with Crippen molar-refractivity contribution in [3.63, 3.8) is 0 Å². The highest BCUT2D eigenvalue weighted by atomic mass is 16.3. The topological polar surface area (TPSA) is 20.2 Å². The van der Waals surface area contributed by atoms with Gasteiger partial charge in [0.1, 0.15) is 0 Å². The average molecular weight is 299 g/mol. The average Bonchev–Trinajstić information content (AvgIpc) is 2.50. The molecule has 0 aliphatic heterocycles. The van der Waals surface area contributed by atoms with E-state index < -0.39 is 0 Å². The molecular formula is C20H42O. The summed E-state index contributed by atoms with van der Waals surface area (Å²) in [4.78, 5) is 0. The summed E-state index contributed by atoms with van der Waals surface area (Å²) in [6, 6.07) is 0. The molecule has 2 unspecified atom stereocenters. The number of aliphatic hydroxyl groups is 1. The van der Waals surface area contributed by atoms with Gasteiger partial charge in [-0.05, 0) is 18.8 Å². The molecule has 0 rings (SSSR count). The Balaban J connectivity index is 3.36. The van der Waals surface area contributed by atoms with Crippen molar-refractivity contribution in [1.29, 1.82) is 0 Å². The number of hydrogen-bond donors (Lipinski definition) is 1. The van der Waals surface area contributed by atoms with Crippen LogP contribution in [0.4, 0.5) is 0 Å². The zero-order chi connectivity index (χ0) is 15.8. The first kappa shape index (κ1) is 21.0. The van der Waals surface area contributed by atoms with Gasteiger partial charge in [-0.15, -0.1) is 0 Å². The van der Waals surface area contributed by atoms with E-state index in [1.807, 2.05) is 0 Å². The molecule has 0 amide bonds. The van der Waals surface area contributed by atoms with Crippen LogP contribution in [0.15, 0.2) is 0 Å². The van der Waals surface area contributed by atoms with Gasteiger partial charge in [0.05, 0.1) is 6.10 Å². The minimum Gasteiger partial charge on any atom is -0.393 e. The Morgan fingerprint density at radius 2 is 1.05 bits per heavy atom. The largest absolute Gasteiger partial charge is 0.393 e. The minimum absolute atomic E-state index is 0.0457. The van der Waals surface area contributed by atoms with E-state index in [1.54, 1.807) is 0 Å². The number of rotatable bonds is 16. The molecule has 0 bridgehead atoms. The van der Waals surface area contributed by atoms with Gasteiger partial charge in [-0.2, -0.15) is 0 Å². The summed E-state index contributed by atoms with van der Waals surface area (Å²) in [5.74, 6) is 0.545. The van der Waals surface area contributed by atoms with Crippen molar-refractivity contribution in [2.24, 2.45) is 5.92 Å². The molecule has 0 spiro atoms. The second-order valence-corrected chi connectivity index (χ2v) is 6.85. The van der Waals surface area contributed by atoms with Crippen LogP contribution in [-0.4, -0.2) is 11.2 Å². The van der Waals surface area contributed by atoms with Crippen LogP contribution in [0, 0.1) is 5.92 Å². The smallest absolute Gasteiger partial charge is 0.0568 e. The summed E-state index contributed by atoms with van der Waals surface area (Å²) >= 11 is 0. The monoisotopic (exact) mass is 298 g/mol. The third kappa shape index (κ3) is 13.4. The summed E-state index contributed by atoms with van der Waals surface area (Å²) in [5, 5.41) is 10.3. The van der Waals surface area contributed by atoms with E-state index >= 15 is 0 Å². The van der Waals surface area contributed by atoms with Gasteiger partial charge in [-0.25, -0.2) is 0 Å². The normalized spacial score (nSPS) is 14.3. The molecular weight excluding hydrogens is 256 g/mol. The molecule has 0 aromatic carbocycles. The lowest BCUT2D eigenvalue weighted by atomic mass is 9.90. The Bertz CT molecular complexity index is 190. The molecule has 1 N–H and O–H groups in total. The van der Waals surface area contributed by atoms with Crippen molar-refractivity contribution in [1.82, 2.24) is 0 Å². The highest BCUT2D eigenvalue weighted by Crippen LogP contribution is 2.21. The summed E-state index contributed by atoms with van der Waals surface area (Å²) < 4.78 is 0. The van der Waals surface area contributed by atoms with Gasteiger partial charge in [0, 0.05) is 0 Å². The molecule has 0 heterocycles. The van der Waals surface area contributed by atoms with Crippen LogP contribution in [-0.2, 0) is 0 Å². The van der Waals surface area contributed by atoms with Gasteiger partial charge in [0.25, 0.3) is 0 Å². The first-order valence-corrected chi connectivity index (χ1v) is 9.94. The third-order valence-electron chi connectivity index (χ3n) is 4.85. The third-order valence-corrected chi connectivity index (χ3v) is 4.85. The predicted molar refractivity (Wildman–Crippen MR) is 95.8 cm³/mol. The quantitative estimate of drug-likeness (QED) is 0.308. The van der Waals surface area contributed by atoms with Crippen LogP contribution in [0.2, 0.25) is 0 Å². The fourth-order valence-electron chi connectivity index (χ4n) is 3.21. The lowest BCUT2D eigenvalue weighted by Crippen LogP contribution is -2.19. The van der Waals surface area contributed by atoms with Crippen LogP contribution in [0.1, 0.15) is 117 Å². The maximum Gasteiger partial charge on any atom is 0.0568 e. The molecule has 0 saturated heterocycles. The molecule has 0 aromatic heterocycles. The van der Waals surface area contributed by atoms with Crippen molar-refractivity contribution >= 4 is 0 Å². The van der Waals surface area contributed by atoms with E-state index in [9.17, 15) is 5.11 Å². The summed E-state index contributed by atoms with van der Waals surface area (Å²) in [5.41, 5.74) is 0. The van der Waals surface area contributed by atoms with E-state index in [4.69, 9.17) is 0 Å². The molecule has 0 radical (unpaired) electrons. The van der Waals surface area contributed by atoms with E-state index in [0.717, 1.165) is 12.8 Å². The molecule has 0 fully saturated rings. The molecule has 0 aliphatic carbocycles. The van der Waals surface area contributed by atoms with Gasteiger partial charge in [0.15, 0.2) is 0 Å². The van der Waals surface area contributed by atoms with E-state index in [-0.39, 0.29) is 6.10 Å². The molecule has 0 saturated carbocycles. The van der Waals surface area contributed by atoms with Crippen LogP contribution < -0.4 is 0 Å². The van der Waals surface area contributed by atoms with E-state index in [1.165, 1.54) is 83.5 Å². The maximum atomic E-state index is 10.3. The summed E-state index contributed by atoms with van der Waals surface area (Å²) in [7, 11) is 0. The Morgan fingerprint density at radius 3 is 1.52 bits per heavy atom. The van der Waals surface area contributed by atoms with Crippen LogP contribution in [0.3, 0.4) is 0 Å². The standard InChI is InChI=1S/C20H42O/c1-4-7-9-10-11-12-13-14-15-16-18-20(21)19(6-3)17-8-5-2/h19-21H,4-18H2,1-3H3. The number of aliphatic hydroxyl groups excluding tert-OH is 1. The van der Waals surface area contributed by atoms with Crippen molar-refractivity contribution in [3.8, 4) is 0 Å². The number of hydrogen-bond acceptors (Lipinski definition) is 1. The highest BCUT2D eigenvalue weighted by molar-refractivity contribution is 4.68. The Labute approximate surface area is 134 Å². The molecule has 2 atom stereocenters. The molecule has 128 valence electrons. The second kappa shape index (κ2) is 16.3. The highest BCUT2D eigenvalue weighted by Gasteiger charge is 2.15. The fraction of sp³-hybridized carbons (Fsp3) is 1.00. The summed E-state index contributed by atoms with van der Waals surface area (Å²) in [6.07, 6.45) is 19.6. The maximum absolute atomic E-state index is 10.3. The SMILES string of the molecule is CCCCCCCCCCCCC(O)C(CC)CCCC. The van der Waals surface area contributed by atoms with Crippen LogP contribution in [0.5, 0.6) is 0 Å². The van der Waals surface area contributed by atoms with Gasteiger partial charge >= 0.3 is 0 Å². The molecule has 0 aromatic rings. The first-order chi connectivity index (χ1) is 10.3. The van der Waals surface area contributed by atoms with Crippen molar-refractivity contribution < 1.29 is 5.11 Å². The van der Waals surface area contributed by atoms with Gasteiger partial charge in [-0.1, -0.05) is 104 Å². The van der Waals surface area contributed by atoms with E-state index in [0.29, 0.717) is 5.92 Å². The van der Waals surface area contributed by atoms with Gasteiger partial charge in [-0.3, -0.25) is 0 Å². The first-order valence-electron chi connectivity index (χ1n) is 9.94.